The van der Waals surface area contributed by atoms with Crippen molar-refractivity contribution in [2.75, 3.05) is 0 Å². The summed E-state index contributed by atoms with van der Waals surface area (Å²) >= 11 is 0. The fourth-order valence-corrected chi connectivity index (χ4v) is 3.85. The van der Waals surface area contributed by atoms with Gasteiger partial charge in [0.1, 0.15) is 5.82 Å². The van der Waals surface area contributed by atoms with E-state index in [9.17, 15) is 13.2 Å². The fraction of sp³-hybridized carbons (Fsp3) is 0.222. The number of hydrogen-bond donors (Lipinski definition) is 0. The average Bonchev–Trinajstić information content (AvgIpc) is 2.81. The van der Waals surface area contributed by atoms with Gasteiger partial charge in [0.25, 0.3) is 0 Å². The Kier molecular flexibility index (Phi) is 6.54. The van der Waals surface area contributed by atoms with Crippen LogP contribution in [0.1, 0.15) is 34.9 Å². The van der Waals surface area contributed by atoms with E-state index in [-0.39, 0.29) is 24.2 Å². The van der Waals surface area contributed by atoms with Crippen LogP contribution in [0, 0.1) is 23.3 Å². The van der Waals surface area contributed by atoms with Crippen LogP contribution in [0.4, 0.5) is 17.6 Å². The van der Waals surface area contributed by atoms with Crippen LogP contribution in [0.25, 0.3) is 10.8 Å². The summed E-state index contributed by atoms with van der Waals surface area (Å²) < 4.78 is 55.0. The fourth-order valence-electron chi connectivity index (χ4n) is 3.85. The highest BCUT2D eigenvalue weighted by Crippen LogP contribution is 2.25. The molecule has 0 atom stereocenters. The summed E-state index contributed by atoms with van der Waals surface area (Å²) in [5.41, 5.74) is 4.08. The molecular formula is C27H23F4N. The maximum atomic E-state index is 15.0. The molecule has 4 rings (SSSR count). The molecule has 0 unspecified atom stereocenters. The van der Waals surface area contributed by atoms with Crippen LogP contribution in [-0.2, 0) is 32.1 Å². The molecule has 0 fully saturated rings. The molecule has 1 aromatic heterocycles. The monoisotopic (exact) mass is 437 g/mol. The lowest BCUT2D eigenvalue weighted by Crippen LogP contribution is -2.00. The number of nitrogens with zero attached hydrogens (tertiary/aromatic N) is 1. The Labute approximate surface area is 184 Å². The largest absolute Gasteiger partial charge is 0.261 e. The van der Waals surface area contributed by atoms with Crippen LogP contribution < -0.4 is 0 Å². The van der Waals surface area contributed by atoms with Gasteiger partial charge in [0.2, 0.25) is 0 Å². The van der Waals surface area contributed by atoms with Crippen molar-refractivity contribution in [3.8, 4) is 0 Å². The number of rotatable bonds is 7. The zero-order chi connectivity index (χ0) is 22.7. The normalized spacial score (nSPS) is 11.3. The Morgan fingerprint density at radius 1 is 0.656 bits per heavy atom. The van der Waals surface area contributed by atoms with Crippen molar-refractivity contribution < 1.29 is 17.6 Å². The third kappa shape index (κ3) is 4.82. The first-order valence-corrected chi connectivity index (χ1v) is 10.7. The maximum Gasteiger partial charge on any atom is 0.194 e. The molecule has 0 aliphatic carbocycles. The van der Waals surface area contributed by atoms with Gasteiger partial charge in [-0.2, -0.15) is 0 Å². The maximum absolute atomic E-state index is 15.0. The molecule has 0 radical (unpaired) electrons. The first kappa shape index (κ1) is 22.0. The van der Waals surface area contributed by atoms with E-state index in [1.165, 1.54) is 5.56 Å². The Hall–Kier alpha value is -3.21. The molecule has 0 N–H and O–H groups in total. The lowest BCUT2D eigenvalue weighted by atomic mass is 9.97. The highest BCUT2D eigenvalue weighted by molar-refractivity contribution is 5.84. The van der Waals surface area contributed by atoms with Crippen molar-refractivity contribution in [1.29, 1.82) is 0 Å². The topological polar surface area (TPSA) is 12.9 Å². The van der Waals surface area contributed by atoms with Gasteiger partial charge in [-0.3, -0.25) is 4.98 Å². The summed E-state index contributed by atoms with van der Waals surface area (Å²) in [6.45, 7) is 2.10. The highest BCUT2D eigenvalue weighted by Gasteiger charge is 2.12. The lowest BCUT2D eigenvalue weighted by molar-refractivity contribution is 0.445. The zero-order valence-corrected chi connectivity index (χ0v) is 17.8. The standard InChI is InChI=1S/C27H23F4N/c1-2-17-4-10-22(32-16-17)11-5-18-6-12-23-21(13-18)9-8-20(26(23)30)7-3-19-14-24(28)27(31)25(29)15-19/h4,6,8-10,12-16H,2-3,5,7,11H2,1H3. The van der Waals surface area contributed by atoms with E-state index in [0.29, 0.717) is 10.9 Å². The smallest absolute Gasteiger partial charge is 0.194 e. The lowest BCUT2D eigenvalue weighted by Gasteiger charge is -2.09. The van der Waals surface area contributed by atoms with Crippen molar-refractivity contribution in [2.45, 2.75) is 39.0 Å². The van der Waals surface area contributed by atoms with E-state index in [4.69, 9.17) is 0 Å². The second kappa shape index (κ2) is 9.51. The molecule has 0 aliphatic rings. The predicted molar refractivity (Wildman–Crippen MR) is 119 cm³/mol. The van der Waals surface area contributed by atoms with Crippen LogP contribution in [0.3, 0.4) is 0 Å². The molecule has 1 heterocycles. The molecule has 0 bridgehead atoms. The second-order valence-corrected chi connectivity index (χ2v) is 7.98. The van der Waals surface area contributed by atoms with Crippen molar-refractivity contribution >= 4 is 10.8 Å². The molecule has 1 nitrogen and oxygen atoms in total. The Morgan fingerprint density at radius 3 is 2.06 bits per heavy atom. The molecular weight excluding hydrogens is 414 g/mol. The molecule has 32 heavy (non-hydrogen) atoms. The van der Waals surface area contributed by atoms with E-state index in [1.54, 1.807) is 12.1 Å². The molecule has 0 spiro atoms. The summed E-state index contributed by atoms with van der Waals surface area (Å²) in [4.78, 5) is 4.49. The second-order valence-electron chi connectivity index (χ2n) is 7.98. The van der Waals surface area contributed by atoms with E-state index in [0.717, 1.165) is 48.0 Å². The summed E-state index contributed by atoms with van der Waals surface area (Å²) in [5.74, 6) is -4.30. The molecule has 0 saturated carbocycles. The zero-order valence-electron chi connectivity index (χ0n) is 17.8. The Bertz CT molecular complexity index is 1230. The summed E-state index contributed by atoms with van der Waals surface area (Å²) in [7, 11) is 0. The number of aromatic nitrogens is 1. The molecule has 0 saturated heterocycles. The molecule has 5 heteroatoms. The van der Waals surface area contributed by atoms with Gasteiger partial charge in [0.15, 0.2) is 17.5 Å². The van der Waals surface area contributed by atoms with Gasteiger partial charge in [-0.05, 0) is 77.9 Å². The molecule has 3 aromatic carbocycles. The van der Waals surface area contributed by atoms with Crippen LogP contribution in [-0.4, -0.2) is 4.98 Å². The number of hydrogen-bond acceptors (Lipinski definition) is 1. The Morgan fingerprint density at radius 2 is 1.38 bits per heavy atom. The van der Waals surface area contributed by atoms with Crippen molar-refractivity contribution in [2.24, 2.45) is 0 Å². The summed E-state index contributed by atoms with van der Waals surface area (Å²) in [6.07, 6.45) is 4.94. The van der Waals surface area contributed by atoms with Crippen LogP contribution in [0.15, 0.2) is 60.8 Å². The van der Waals surface area contributed by atoms with Crippen LogP contribution in [0.5, 0.6) is 0 Å². The van der Waals surface area contributed by atoms with Gasteiger partial charge >= 0.3 is 0 Å². The number of halogens is 4. The number of aryl methyl sites for hydroxylation is 5. The summed E-state index contributed by atoms with van der Waals surface area (Å²) in [6, 6.07) is 15.3. The molecule has 4 aromatic rings. The molecule has 0 amide bonds. The predicted octanol–water partition coefficient (Wildman–Crippen LogP) is 6.92. The quantitative estimate of drug-likeness (QED) is 0.226. The first-order valence-electron chi connectivity index (χ1n) is 10.7. The van der Waals surface area contributed by atoms with E-state index in [1.807, 2.05) is 30.5 Å². The number of pyridine rings is 1. The van der Waals surface area contributed by atoms with Crippen LogP contribution in [0.2, 0.25) is 0 Å². The third-order valence-electron chi connectivity index (χ3n) is 5.79. The molecule has 164 valence electrons. The average molecular weight is 437 g/mol. The first-order chi connectivity index (χ1) is 15.4. The van der Waals surface area contributed by atoms with E-state index < -0.39 is 17.5 Å². The van der Waals surface area contributed by atoms with E-state index >= 15 is 4.39 Å². The minimum atomic E-state index is -1.49. The molecule has 0 aliphatic heterocycles. The Balaban J connectivity index is 1.46. The van der Waals surface area contributed by atoms with Gasteiger partial charge < -0.3 is 0 Å². The highest BCUT2D eigenvalue weighted by atomic mass is 19.2. The SMILES string of the molecule is CCc1ccc(CCc2ccc3c(F)c(CCc4cc(F)c(F)c(F)c4)ccc3c2)nc1. The van der Waals surface area contributed by atoms with Gasteiger partial charge in [-0.25, -0.2) is 17.6 Å². The van der Waals surface area contributed by atoms with Gasteiger partial charge in [0.05, 0.1) is 0 Å². The van der Waals surface area contributed by atoms with Crippen LogP contribution >= 0.6 is 0 Å². The van der Waals surface area contributed by atoms with E-state index in [2.05, 4.69) is 18.0 Å². The minimum absolute atomic E-state index is 0.207. The summed E-state index contributed by atoms with van der Waals surface area (Å²) in [5, 5.41) is 1.31. The van der Waals surface area contributed by atoms with Crippen molar-refractivity contribution in [3.63, 3.8) is 0 Å². The number of fused-ring (bicyclic) bond motifs is 1. The van der Waals surface area contributed by atoms with Crippen molar-refractivity contribution in [3.05, 3.63) is 112 Å². The van der Waals surface area contributed by atoms with Gasteiger partial charge in [0, 0.05) is 17.3 Å². The van der Waals surface area contributed by atoms with Gasteiger partial charge in [-0.1, -0.05) is 43.3 Å². The minimum Gasteiger partial charge on any atom is -0.261 e. The van der Waals surface area contributed by atoms with Crippen molar-refractivity contribution in [1.82, 2.24) is 4.98 Å². The third-order valence-corrected chi connectivity index (χ3v) is 5.79. The number of benzene rings is 3. The van der Waals surface area contributed by atoms with Gasteiger partial charge in [-0.15, -0.1) is 0 Å².